The van der Waals surface area contributed by atoms with Gasteiger partial charge in [-0.1, -0.05) is 0 Å². The molecule has 0 spiro atoms. The molecule has 0 aromatic rings. The van der Waals surface area contributed by atoms with E-state index in [9.17, 15) is 7.61 Å². The standard InChI is InChI=1S/2CH3.Cr.2O/h2*1H3;;;. The van der Waals surface area contributed by atoms with Gasteiger partial charge in [0.05, 0.1) is 0 Å². The van der Waals surface area contributed by atoms with E-state index in [0.29, 0.717) is 0 Å². The molecule has 0 atom stereocenters. The van der Waals surface area contributed by atoms with Crippen molar-refractivity contribution < 1.29 is 20.6 Å². The van der Waals surface area contributed by atoms with E-state index < -0.39 is 12.9 Å². The van der Waals surface area contributed by atoms with Crippen molar-refractivity contribution in [3.63, 3.8) is 0 Å². The van der Waals surface area contributed by atoms with Crippen LogP contribution in [0.4, 0.5) is 0 Å². The quantitative estimate of drug-likeness (QED) is 0.469. The number of rotatable bonds is 0. The first-order chi connectivity index (χ1) is 2.00. The molecule has 2 nitrogen and oxygen atoms in total. The first-order valence-corrected chi connectivity index (χ1v) is 4.74. The molecule has 0 rings (SSSR count). The van der Waals surface area contributed by atoms with Gasteiger partial charge in [0.2, 0.25) is 0 Å². The van der Waals surface area contributed by atoms with Gasteiger partial charge in [-0.3, -0.25) is 0 Å². The molecule has 3 heteroatoms. The Morgan fingerprint density at radius 3 is 1.20 bits per heavy atom. The van der Waals surface area contributed by atoms with Gasteiger partial charge in [0, 0.05) is 0 Å². The van der Waals surface area contributed by atoms with Crippen molar-refractivity contribution in [3.05, 3.63) is 0 Å². The van der Waals surface area contributed by atoms with Gasteiger partial charge in [-0.15, -0.1) is 0 Å². The van der Waals surface area contributed by atoms with Gasteiger partial charge in [-0.2, -0.15) is 0 Å². The summed E-state index contributed by atoms with van der Waals surface area (Å²) in [6, 6.07) is 0. The fraction of sp³-hybridized carbons (Fsp3) is 1.00. The van der Waals surface area contributed by atoms with Gasteiger partial charge >= 0.3 is 32.1 Å². The van der Waals surface area contributed by atoms with E-state index in [1.54, 1.807) is 0 Å². The summed E-state index contributed by atoms with van der Waals surface area (Å²) in [6.45, 7) is 0. The van der Waals surface area contributed by atoms with Crippen LogP contribution in [0.2, 0.25) is 11.6 Å². The molecule has 0 saturated heterocycles. The molecule has 0 unspecified atom stereocenters. The van der Waals surface area contributed by atoms with Crippen LogP contribution in [0.5, 0.6) is 0 Å². The minimum absolute atomic E-state index is 1.23. The third-order valence-corrected chi connectivity index (χ3v) is 0. The van der Waals surface area contributed by atoms with Gasteiger partial charge in [0.25, 0.3) is 0 Å². The molecule has 0 amide bonds. The van der Waals surface area contributed by atoms with E-state index in [4.69, 9.17) is 0 Å². The van der Waals surface area contributed by atoms with Crippen LogP contribution in [-0.4, -0.2) is 0 Å². The molecule has 0 heterocycles. The van der Waals surface area contributed by atoms with Crippen molar-refractivity contribution >= 4 is 0 Å². The zero-order valence-electron chi connectivity index (χ0n) is 3.22. The Hall–Kier alpha value is 0.132. The van der Waals surface area contributed by atoms with E-state index in [-0.39, 0.29) is 0 Å². The molecule has 0 N–H and O–H groups in total. The van der Waals surface area contributed by atoms with Crippen molar-refractivity contribution in [2.75, 3.05) is 0 Å². The maximum atomic E-state index is 9.70. The fourth-order valence-corrected chi connectivity index (χ4v) is 0. The molecule has 0 aromatic heterocycles. The normalized spacial score (nSPS) is 11.6. The van der Waals surface area contributed by atoms with Gasteiger partial charge in [-0.25, -0.2) is 0 Å². The zero-order valence-corrected chi connectivity index (χ0v) is 4.50. The van der Waals surface area contributed by atoms with E-state index in [1.165, 1.54) is 11.6 Å². The molecule has 0 aliphatic heterocycles. The monoisotopic (exact) mass is 114 g/mol. The van der Waals surface area contributed by atoms with Gasteiger partial charge in [0.1, 0.15) is 0 Å². The van der Waals surface area contributed by atoms with Crippen molar-refractivity contribution in [1.29, 1.82) is 0 Å². The van der Waals surface area contributed by atoms with Crippen LogP contribution in [0.15, 0.2) is 0 Å². The first-order valence-electron chi connectivity index (χ1n) is 1.15. The average molecular weight is 114 g/mol. The van der Waals surface area contributed by atoms with Crippen LogP contribution < -0.4 is 0 Å². The molecule has 0 bridgehead atoms. The predicted octanol–water partition coefficient (Wildman–Crippen LogP) is 0.927. The Bertz CT molecular complexity index is 90.8. The SMILES string of the molecule is [CH3][Cr]([CH3])(=[O])=[O]. The van der Waals surface area contributed by atoms with Crippen molar-refractivity contribution in [3.8, 4) is 0 Å². The zero-order chi connectivity index (χ0) is 4.50. The summed E-state index contributed by atoms with van der Waals surface area (Å²) in [4.78, 5) is 0. The fourth-order valence-electron chi connectivity index (χ4n) is 0. The number of hydrogen-bond acceptors (Lipinski definition) is 2. The Kier molecular flexibility index (Phi) is 1.11. The summed E-state index contributed by atoms with van der Waals surface area (Å²) >= 11 is -3.25. The Balaban J connectivity index is 4.06. The number of hydrogen-bond donors (Lipinski definition) is 0. The maximum absolute atomic E-state index is 9.70. The molecule has 0 aliphatic rings. The van der Waals surface area contributed by atoms with Crippen LogP contribution in [0, 0.1) is 0 Å². The second-order valence-electron chi connectivity index (χ2n) is 1.14. The molecule has 5 heavy (non-hydrogen) atoms. The van der Waals surface area contributed by atoms with Gasteiger partial charge in [-0.05, 0) is 0 Å². The molecular formula is C2H6CrO2. The molecular weight excluding hydrogens is 108 g/mol. The van der Waals surface area contributed by atoms with Crippen LogP contribution in [0.3, 0.4) is 0 Å². The van der Waals surface area contributed by atoms with E-state index in [2.05, 4.69) is 0 Å². The molecule has 0 fully saturated rings. The summed E-state index contributed by atoms with van der Waals surface area (Å²) in [5.41, 5.74) is 0. The van der Waals surface area contributed by atoms with Crippen molar-refractivity contribution in [2.24, 2.45) is 0 Å². The average Bonchev–Trinajstić information content (AvgIpc) is 0.722. The second kappa shape index (κ2) is 1.08. The van der Waals surface area contributed by atoms with Crippen LogP contribution in [0.25, 0.3) is 0 Å². The molecule has 0 aromatic carbocycles. The summed E-state index contributed by atoms with van der Waals surface area (Å²) in [5.74, 6) is 2.47. The van der Waals surface area contributed by atoms with Gasteiger partial charge < -0.3 is 0 Å². The third kappa shape index (κ3) is 1070. The second-order valence-corrected chi connectivity index (χ2v) is 4.71. The van der Waals surface area contributed by atoms with E-state index in [0.717, 1.165) is 0 Å². The molecule has 0 aliphatic carbocycles. The summed E-state index contributed by atoms with van der Waals surface area (Å²) in [7, 11) is 0. The van der Waals surface area contributed by atoms with Crippen LogP contribution in [-0.2, 0) is 20.6 Å². The summed E-state index contributed by atoms with van der Waals surface area (Å²) in [6.07, 6.45) is 0. The Morgan fingerprint density at radius 1 is 1.20 bits per heavy atom. The van der Waals surface area contributed by atoms with Crippen molar-refractivity contribution in [1.82, 2.24) is 0 Å². The molecule has 0 radical (unpaired) electrons. The van der Waals surface area contributed by atoms with Crippen LogP contribution >= 0.6 is 0 Å². The Morgan fingerprint density at radius 2 is 1.20 bits per heavy atom. The third-order valence-electron chi connectivity index (χ3n) is 0. The Labute approximate surface area is 32.9 Å². The first kappa shape index (κ1) is 5.13. The summed E-state index contributed by atoms with van der Waals surface area (Å²) < 4.78 is 19.4. The summed E-state index contributed by atoms with van der Waals surface area (Å²) in [5, 5.41) is 0. The van der Waals surface area contributed by atoms with Gasteiger partial charge in [0.15, 0.2) is 0 Å². The van der Waals surface area contributed by atoms with E-state index >= 15 is 0 Å². The van der Waals surface area contributed by atoms with Crippen LogP contribution in [0.1, 0.15) is 0 Å². The predicted molar refractivity (Wildman–Crippen MR) is 13.1 cm³/mol. The van der Waals surface area contributed by atoms with E-state index in [1.807, 2.05) is 0 Å². The molecule has 32 valence electrons. The molecule has 0 saturated carbocycles. The van der Waals surface area contributed by atoms with Crippen molar-refractivity contribution in [2.45, 2.75) is 11.6 Å². The topological polar surface area (TPSA) is 34.1 Å². The minimum atomic E-state index is -3.25.